The van der Waals surface area contributed by atoms with Crippen molar-refractivity contribution < 1.29 is 38.0 Å². The Morgan fingerprint density at radius 2 is 1.71 bits per heavy atom. The van der Waals surface area contributed by atoms with E-state index >= 15 is 0 Å². The monoisotopic (exact) mass is 736 g/mol. The van der Waals surface area contributed by atoms with Crippen molar-refractivity contribution in [2.75, 3.05) is 33.7 Å². The van der Waals surface area contributed by atoms with Crippen LogP contribution in [-0.2, 0) is 16.1 Å². The molecule has 1 atom stereocenters. The van der Waals surface area contributed by atoms with Crippen molar-refractivity contribution in [2.24, 2.45) is 4.99 Å². The number of esters is 1. The number of ether oxygens (including phenoxy) is 7. The fourth-order valence-electron chi connectivity index (χ4n) is 5.40. The van der Waals surface area contributed by atoms with Gasteiger partial charge >= 0.3 is 5.97 Å². The maximum Gasteiger partial charge on any atom is 0.337 e. The van der Waals surface area contributed by atoms with Gasteiger partial charge < -0.3 is 33.2 Å². The van der Waals surface area contributed by atoms with Crippen LogP contribution in [0.4, 0.5) is 0 Å². The Balaban J connectivity index is 1.37. The fourth-order valence-corrected chi connectivity index (χ4v) is 6.94. The molecule has 0 spiro atoms. The largest absolute Gasteiger partial charge is 0.490 e. The number of rotatable bonds is 12. The number of carbonyl (C=O) groups is 1. The molecule has 3 heterocycles. The first-order chi connectivity index (χ1) is 23.3. The molecule has 0 radical (unpaired) electrons. The summed E-state index contributed by atoms with van der Waals surface area (Å²) in [6, 6.07) is 13.9. The summed E-state index contributed by atoms with van der Waals surface area (Å²) in [6.45, 7) is 7.38. The summed E-state index contributed by atoms with van der Waals surface area (Å²) < 4.78 is 42.3. The number of hydrogen-bond donors (Lipinski definition) is 0. The lowest BCUT2D eigenvalue weighted by Crippen LogP contribution is -2.39. The molecule has 250 valence electrons. The zero-order chi connectivity index (χ0) is 33.8. The molecule has 3 aromatic carbocycles. The number of hydrogen-bond acceptors (Lipinski definition) is 11. The van der Waals surface area contributed by atoms with E-state index in [0.717, 1.165) is 5.56 Å². The Kier molecular flexibility index (Phi) is 10.1. The molecule has 0 saturated carbocycles. The van der Waals surface area contributed by atoms with Crippen LogP contribution in [0.25, 0.3) is 6.08 Å². The van der Waals surface area contributed by atoms with Crippen LogP contribution in [0, 0.1) is 0 Å². The summed E-state index contributed by atoms with van der Waals surface area (Å²) in [5.41, 5.74) is 2.15. The number of carbonyl (C=O) groups excluding carboxylic acids is 1. The van der Waals surface area contributed by atoms with Crippen LogP contribution in [0.2, 0.25) is 0 Å². The summed E-state index contributed by atoms with van der Waals surface area (Å²) in [5.74, 6) is 2.90. The average Bonchev–Trinajstić information content (AvgIpc) is 3.68. The molecule has 0 saturated heterocycles. The smallest absolute Gasteiger partial charge is 0.337 e. The highest BCUT2D eigenvalue weighted by Crippen LogP contribution is 2.39. The van der Waals surface area contributed by atoms with Crippen molar-refractivity contribution in [3.63, 3.8) is 0 Å². The van der Waals surface area contributed by atoms with Crippen molar-refractivity contribution in [1.82, 2.24) is 4.57 Å². The van der Waals surface area contributed by atoms with E-state index in [4.69, 9.17) is 33.2 Å². The maximum absolute atomic E-state index is 14.1. The highest BCUT2D eigenvalue weighted by molar-refractivity contribution is 9.10. The first-order valence-corrected chi connectivity index (χ1v) is 16.9. The van der Waals surface area contributed by atoms with Crippen LogP contribution in [-0.4, -0.2) is 44.3 Å². The van der Waals surface area contributed by atoms with Gasteiger partial charge in [-0.05, 0) is 95.9 Å². The molecule has 11 nitrogen and oxygen atoms in total. The van der Waals surface area contributed by atoms with Crippen LogP contribution < -0.4 is 43.3 Å². The molecular formula is C35H33BrN2O9S. The van der Waals surface area contributed by atoms with Gasteiger partial charge in [0.25, 0.3) is 5.56 Å². The van der Waals surface area contributed by atoms with Gasteiger partial charge in [0, 0.05) is 6.20 Å². The van der Waals surface area contributed by atoms with Crippen molar-refractivity contribution in [2.45, 2.75) is 33.4 Å². The highest BCUT2D eigenvalue weighted by atomic mass is 79.9. The number of aromatic nitrogens is 1. The Hall–Kier alpha value is -4.75. The van der Waals surface area contributed by atoms with Crippen LogP contribution in [0.15, 0.2) is 74.6 Å². The van der Waals surface area contributed by atoms with E-state index in [-0.39, 0.29) is 24.5 Å². The van der Waals surface area contributed by atoms with Gasteiger partial charge in [-0.2, -0.15) is 0 Å². The average molecular weight is 738 g/mol. The fraction of sp³-hybridized carbons (Fsp3) is 0.286. The zero-order valence-corrected chi connectivity index (χ0v) is 29.1. The van der Waals surface area contributed by atoms with Gasteiger partial charge in [0.15, 0.2) is 39.3 Å². The van der Waals surface area contributed by atoms with Gasteiger partial charge in [-0.25, -0.2) is 9.79 Å². The molecule has 0 N–H and O–H groups in total. The van der Waals surface area contributed by atoms with Gasteiger partial charge in [-0.3, -0.25) is 9.36 Å². The molecule has 6 rings (SSSR count). The van der Waals surface area contributed by atoms with E-state index in [2.05, 4.69) is 20.9 Å². The van der Waals surface area contributed by atoms with E-state index in [1.54, 1.807) is 18.2 Å². The first-order valence-electron chi connectivity index (χ1n) is 15.3. The molecule has 4 aromatic rings. The molecule has 2 aliphatic rings. The molecule has 0 bridgehead atoms. The SMILES string of the molecule is CCOc1ccc([C@H]2C(C(=O)OC)=CN=c3s/c(=C\c4cc(Br)c(OCc5ccc6c(c5)OCO6)c(OCC)c4)c(=O)n32)cc1OCC. The normalized spacial score (nSPS) is 14.9. The van der Waals surface area contributed by atoms with E-state index in [1.807, 2.05) is 57.2 Å². The highest BCUT2D eigenvalue weighted by Gasteiger charge is 2.31. The van der Waals surface area contributed by atoms with Crippen LogP contribution in [0.3, 0.4) is 0 Å². The number of halogens is 1. The van der Waals surface area contributed by atoms with Crippen molar-refractivity contribution >= 4 is 39.3 Å². The predicted octanol–water partition coefficient (Wildman–Crippen LogP) is 5.28. The van der Waals surface area contributed by atoms with Gasteiger partial charge in [0.1, 0.15) is 6.61 Å². The topological polar surface area (TPSA) is 116 Å². The van der Waals surface area contributed by atoms with E-state index < -0.39 is 12.0 Å². The Morgan fingerprint density at radius 3 is 2.48 bits per heavy atom. The Bertz CT molecular complexity index is 2070. The zero-order valence-electron chi connectivity index (χ0n) is 26.7. The van der Waals surface area contributed by atoms with Gasteiger partial charge in [0.05, 0.1) is 47.6 Å². The third-order valence-electron chi connectivity index (χ3n) is 7.46. The Morgan fingerprint density at radius 1 is 0.958 bits per heavy atom. The minimum absolute atomic E-state index is 0.197. The number of nitrogens with zero attached hydrogens (tertiary/aromatic N) is 2. The lowest BCUT2D eigenvalue weighted by Gasteiger charge is -2.23. The third kappa shape index (κ3) is 6.65. The summed E-state index contributed by atoms with van der Waals surface area (Å²) in [6.07, 6.45) is 3.22. The third-order valence-corrected chi connectivity index (χ3v) is 9.04. The summed E-state index contributed by atoms with van der Waals surface area (Å²) >= 11 is 4.85. The summed E-state index contributed by atoms with van der Waals surface area (Å²) in [5, 5.41) is 0. The van der Waals surface area contributed by atoms with Crippen molar-refractivity contribution in [3.05, 3.63) is 101 Å². The minimum Gasteiger partial charge on any atom is -0.490 e. The Labute approximate surface area is 288 Å². The van der Waals surface area contributed by atoms with E-state index in [1.165, 1.54) is 29.2 Å². The van der Waals surface area contributed by atoms with E-state index in [0.29, 0.717) is 79.3 Å². The lowest BCUT2D eigenvalue weighted by molar-refractivity contribution is -0.136. The molecule has 2 aliphatic heterocycles. The van der Waals surface area contributed by atoms with Crippen LogP contribution in [0.5, 0.6) is 34.5 Å². The minimum atomic E-state index is -0.802. The number of thiazole rings is 1. The second kappa shape index (κ2) is 14.6. The molecule has 0 aliphatic carbocycles. The molecular weight excluding hydrogens is 704 g/mol. The molecule has 0 amide bonds. The van der Waals surface area contributed by atoms with Crippen LogP contribution in [0.1, 0.15) is 43.5 Å². The standard InChI is InChI=1S/C35H33BrN2O9S/c1-5-42-25-11-9-22(16-28(25)43-6-2)31-23(34(40)41-4)17-37-35-38(31)33(39)30(48-35)15-21-12-24(36)32(29(14-21)44-7-3)45-18-20-8-10-26-27(13-20)47-19-46-26/h8-17,31H,5-7,18-19H2,1-4H3/b30-15-/t31-/m0/s1. The van der Waals surface area contributed by atoms with Crippen molar-refractivity contribution in [1.29, 1.82) is 0 Å². The maximum atomic E-state index is 14.1. The first kappa shape index (κ1) is 33.2. The lowest BCUT2D eigenvalue weighted by atomic mass is 9.97. The van der Waals surface area contributed by atoms with Gasteiger partial charge in [0.2, 0.25) is 6.79 Å². The summed E-state index contributed by atoms with van der Waals surface area (Å²) in [4.78, 5) is 32.0. The molecule has 13 heteroatoms. The quantitative estimate of drug-likeness (QED) is 0.179. The van der Waals surface area contributed by atoms with Crippen molar-refractivity contribution in [3.8, 4) is 34.5 Å². The second-order valence-corrected chi connectivity index (χ2v) is 12.4. The van der Waals surface area contributed by atoms with Crippen LogP contribution >= 0.6 is 27.3 Å². The van der Waals surface area contributed by atoms with Gasteiger partial charge in [-0.15, -0.1) is 0 Å². The second-order valence-electron chi connectivity index (χ2n) is 10.5. The molecule has 48 heavy (non-hydrogen) atoms. The predicted molar refractivity (Wildman–Crippen MR) is 182 cm³/mol. The van der Waals surface area contributed by atoms with E-state index in [9.17, 15) is 9.59 Å². The number of fused-ring (bicyclic) bond motifs is 2. The molecule has 0 fully saturated rings. The summed E-state index contributed by atoms with van der Waals surface area (Å²) in [7, 11) is 1.30. The number of methoxy groups -OCH3 is 1. The van der Waals surface area contributed by atoms with Gasteiger partial charge in [-0.1, -0.05) is 23.5 Å². The molecule has 0 unspecified atom stereocenters. The number of benzene rings is 3. The molecule has 1 aromatic heterocycles.